The van der Waals surface area contributed by atoms with Gasteiger partial charge < -0.3 is 9.30 Å². The zero-order valence-corrected chi connectivity index (χ0v) is 26.5. The fraction of sp³-hybridized carbons (Fsp3) is 0.0811. The van der Waals surface area contributed by atoms with Crippen LogP contribution in [0.2, 0.25) is 0 Å². The molecule has 0 atom stereocenters. The van der Waals surface area contributed by atoms with Gasteiger partial charge in [-0.1, -0.05) is 73.3 Å². The molecule has 8 aromatic rings. The van der Waals surface area contributed by atoms with E-state index >= 15 is 0 Å². The Hall–Kier alpha value is -4.31. The van der Waals surface area contributed by atoms with Gasteiger partial charge in [0.25, 0.3) is 0 Å². The molecule has 0 spiro atoms. The van der Waals surface area contributed by atoms with Gasteiger partial charge in [-0.2, -0.15) is 17.4 Å². The molecule has 0 aliphatic rings. The number of ether oxygens (including phenoxy) is 1. The molecule has 0 radical (unpaired) electrons. The molecule has 6 heteroatoms. The van der Waals surface area contributed by atoms with Crippen LogP contribution in [0.4, 0.5) is 0 Å². The summed E-state index contributed by atoms with van der Waals surface area (Å²) in [5, 5.41) is 4.73. The molecule has 0 amide bonds. The zero-order chi connectivity index (χ0) is 28.2. The number of hydrogen-bond donors (Lipinski definition) is 0. The third-order valence-electron chi connectivity index (χ3n) is 7.74. The van der Waals surface area contributed by atoms with Crippen LogP contribution < -0.4 is 4.74 Å². The summed E-state index contributed by atoms with van der Waals surface area (Å²) < 4.78 is 11.1. The maximum Gasteiger partial charge on any atom is 2.00 e. The number of thiophene rings is 1. The molecule has 0 bridgehead atoms. The summed E-state index contributed by atoms with van der Waals surface area (Å²) in [5.74, 6) is 2.28. The number of benzene rings is 4. The maximum atomic E-state index is 6.49. The van der Waals surface area contributed by atoms with E-state index < -0.39 is 0 Å². The fourth-order valence-corrected chi connectivity index (χ4v) is 6.90. The van der Waals surface area contributed by atoms with Crippen LogP contribution in [0, 0.1) is 12.1 Å². The van der Waals surface area contributed by atoms with Crippen molar-refractivity contribution in [2.45, 2.75) is 19.8 Å². The van der Waals surface area contributed by atoms with Crippen molar-refractivity contribution in [1.82, 2.24) is 14.5 Å². The molecule has 4 nitrogen and oxygen atoms in total. The van der Waals surface area contributed by atoms with Crippen molar-refractivity contribution in [2.75, 3.05) is 0 Å². The largest absolute Gasteiger partial charge is 2.00 e. The van der Waals surface area contributed by atoms with Gasteiger partial charge in [0.1, 0.15) is 5.82 Å². The minimum absolute atomic E-state index is 0. The van der Waals surface area contributed by atoms with Gasteiger partial charge in [-0.25, -0.2) is 4.98 Å². The predicted octanol–water partition coefficient (Wildman–Crippen LogP) is 10.1. The molecule has 0 N–H and O–H groups in total. The van der Waals surface area contributed by atoms with E-state index in [1.54, 1.807) is 11.3 Å². The van der Waals surface area contributed by atoms with Gasteiger partial charge in [0.2, 0.25) is 5.88 Å². The van der Waals surface area contributed by atoms with Crippen LogP contribution in [0.25, 0.3) is 59.1 Å². The molecule has 4 aromatic heterocycles. The van der Waals surface area contributed by atoms with Crippen LogP contribution in [0.15, 0.2) is 109 Å². The quantitative estimate of drug-likeness (QED) is 0.164. The second-order valence-electron chi connectivity index (χ2n) is 10.7. The average molecular weight is 755 g/mol. The zero-order valence-electron chi connectivity index (χ0n) is 23.4. The van der Waals surface area contributed by atoms with E-state index in [1.165, 1.54) is 20.2 Å². The van der Waals surface area contributed by atoms with Crippen molar-refractivity contribution in [1.29, 1.82) is 0 Å². The summed E-state index contributed by atoms with van der Waals surface area (Å²) in [6.07, 6.45) is 1.81. The number of aromatic nitrogens is 3. The van der Waals surface area contributed by atoms with E-state index in [9.17, 15) is 0 Å². The molecule has 0 fully saturated rings. The van der Waals surface area contributed by atoms with E-state index in [0.717, 1.165) is 44.4 Å². The van der Waals surface area contributed by atoms with E-state index in [-0.39, 0.29) is 21.1 Å². The molecule has 0 aliphatic carbocycles. The van der Waals surface area contributed by atoms with Crippen LogP contribution in [-0.2, 0) is 21.1 Å². The minimum atomic E-state index is 0. The molecule has 210 valence electrons. The smallest absolute Gasteiger partial charge is 0.466 e. The Morgan fingerprint density at radius 2 is 1.63 bits per heavy atom. The Labute approximate surface area is 267 Å². The number of nitrogens with zero attached hydrogens (tertiary/aromatic N) is 3. The molecule has 43 heavy (non-hydrogen) atoms. The van der Waals surface area contributed by atoms with E-state index in [4.69, 9.17) is 9.72 Å². The number of fused-ring (bicyclic) bond motifs is 6. The molecule has 4 aromatic carbocycles. The molecular weight excluding hydrogens is 730 g/mol. The SMILES string of the molecule is CC(C)c1cc(Oc2[c-]c3c(cc2)c2ccccc2n3-c2ccccn2)nc(-c2[c-]ccc3c2sc2ccccc23)c1.[Pt+2]. The normalized spacial score (nSPS) is 11.5. The molecule has 0 saturated heterocycles. The number of hydrogen-bond acceptors (Lipinski definition) is 4. The van der Waals surface area contributed by atoms with Crippen molar-refractivity contribution in [3.05, 3.63) is 127 Å². The third-order valence-corrected chi connectivity index (χ3v) is 8.94. The molecule has 0 aliphatic heterocycles. The summed E-state index contributed by atoms with van der Waals surface area (Å²) in [5.41, 5.74) is 5.00. The van der Waals surface area contributed by atoms with Crippen LogP contribution in [0.3, 0.4) is 0 Å². The molecule has 8 rings (SSSR count). The van der Waals surface area contributed by atoms with Crippen molar-refractivity contribution < 1.29 is 25.8 Å². The first-order valence-corrected chi connectivity index (χ1v) is 14.8. The average Bonchev–Trinajstić information content (AvgIpc) is 3.57. The van der Waals surface area contributed by atoms with Gasteiger partial charge in [0.05, 0.1) is 0 Å². The first kappa shape index (κ1) is 27.5. The van der Waals surface area contributed by atoms with Gasteiger partial charge in [-0.3, -0.25) is 4.98 Å². The second kappa shape index (κ2) is 11.1. The van der Waals surface area contributed by atoms with Crippen LogP contribution in [0.5, 0.6) is 11.6 Å². The van der Waals surface area contributed by atoms with Gasteiger partial charge in [-0.15, -0.1) is 41.3 Å². The summed E-state index contributed by atoms with van der Waals surface area (Å²) >= 11 is 1.78. The number of para-hydroxylation sites is 1. The molecular formula is C37H25N3OPtS. The first-order valence-electron chi connectivity index (χ1n) is 14.0. The van der Waals surface area contributed by atoms with Crippen LogP contribution in [0.1, 0.15) is 25.3 Å². The van der Waals surface area contributed by atoms with Crippen molar-refractivity contribution in [2.24, 2.45) is 0 Å². The molecule has 4 heterocycles. The van der Waals surface area contributed by atoms with Gasteiger partial charge in [-0.05, 0) is 56.9 Å². The van der Waals surface area contributed by atoms with Crippen molar-refractivity contribution >= 4 is 53.3 Å². The third kappa shape index (κ3) is 4.73. The Bertz CT molecular complexity index is 2270. The van der Waals surface area contributed by atoms with Crippen molar-refractivity contribution in [3.63, 3.8) is 0 Å². The van der Waals surface area contributed by atoms with E-state index in [1.807, 2.05) is 42.6 Å². The Kier molecular flexibility index (Phi) is 7.09. The standard InChI is InChI=1S/C37H25N3OS.Pt/c1-23(2)24-20-31(30-13-9-12-29-28-11-4-6-15-34(28)42-37(29)30)39-36(21-24)41-25-17-18-27-26-10-3-5-14-32(26)40(33(27)22-25)35-16-7-8-19-38-35;/h3-12,14-21,23H,1-2H3;/q-2;+2. The number of rotatable bonds is 5. The second-order valence-corrected chi connectivity index (χ2v) is 11.8. The Balaban J connectivity index is 0.00000300. The fourth-order valence-electron chi connectivity index (χ4n) is 5.69. The van der Waals surface area contributed by atoms with Crippen LogP contribution >= 0.6 is 11.3 Å². The first-order chi connectivity index (χ1) is 20.6. The topological polar surface area (TPSA) is 39.9 Å². The number of pyridine rings is 2. The maximum absolute atomic E-state index is 6.49. The minimum Gasteiger partial charge on any atom is -0.466 e. The predicted molar refractivity (Wildman–Crippen MR) is 173 cm³/mol. The van der Waals surface area contributed by atoms with Gasteiger partial charge in [0, 0.05) is 28.2 Å². The summed E-state index contributed by atoms with van der Waals surface area (Å²) in [4.78, 5) is 9.66. The Morgan fingerprint density at radius 3 is 2.47 bits per heavy atom. The summed E-state index contributed by atoms with van der Waals surface area (Å²) in [7, 11) is 0. The van der Waals surface area contributed by atoms with Crippen LogP contribution in [-0.4, -0.2) is 14.5 Å². The van der Waals surface area contributed by atoms with Gasteiger partial charge in [0.15, 0.2) is 0 Å². The molecule has 0 unspecified atom stereocenters. The Morgan fingerprint density at radius 1 is 0.814 bits per heavy atom. The monoisotopic (exact) mass is 754 g/mol. The summed E-state index contributed by atoms with van der Waals surface area (Å²) in [6.45, 7) is 4.38. The van der Waals surface area contributed by atoms with Gasteiger partial charge >= 0.3 is 21.1 Å². The molecule has 0 saturated carbocycles. The van der Waals surface area contributed by atoms with E-state index in [2.05, 4.69) is 102 Å². The van der Waals surface area contributed by atoms with Crippen molar-refractivity contribution in [3.8, 4) is 28.7 Å². The van der Waals surface area contributed by atoms with E-state index in [0.29, 0.717) is 17.5 Å². The summed E-state index contributed by atoms with van der Waals surface area (Å²) in [6, 6.07) is 42.3.